The summed E-state index contributed by atoms with van der Waals surface area (Å²) >= 11 is 12.3. The van der Waals surface area contributed by atoms with Gasteiger partial charge in [-0.05, 0) is 44.9 Å². The van der Waals surface area contributed by atoms with E-state index < -0.39 is 11.7 Å². The number of amides is 2. The van der Waals surface area contributed by atoms with Gasteiger partial charge in [-0.25, -0.2) is 9.78 Å². The van der Waals surface area contributed by atoms with Crippen molar-refractivity contribution in [2.45, 2.75) is 46.3 Å². The number of aromatic nitrogens is 4. The number of hydrogen-bond donors (Lipinski definition) is 2. The van der Waals surface area contributed by atoms with Gasteiger partial charge in [0.2, 0.25) is 11.9 Å². The van der Waals surface area contributed by atoms with Gasteiger partial charge in [-0.3, -0.25) is 14.5 Å². The number of nitrogens with zero attached hydrogens (tertiary/aromatic N) is 6. The van der Waals surface area contributed by atoms with Gasteiger partial charge in [0.15, 0.2) is 5.65 Å². The number of carbonyl (C=O) groups excluding carboxylic acids is 2. The molecule has 1 aliphatic rings. The lowest BCUT2D eigenvalue weighted by Crippen LogP contribution is -2.52. The quantitative estimate of drug-likeness (QED) is 0.392. The Labute approximate surface area is 248 Å². The molecule has 220 valence electrons. The summed E-state index contributed by atoms with van der Waals surface area (Å²) in [7, 11) is 0. The SMILES string of the molecule is CCCN(CC(=O)N1CCN(c2nc(NCc3ccc(Cl)cc3Cl)c3c(=O)[nH]cnc3n2)CC1)C(=O)OC(C)(C)C. The van der Waals surface area contributed by atoms with E-state index in [9.17, 15) is 14.4 Å². The number of H-pyrrole nitrogens is 1. The summed E-state index contributed by atoms with van der Waals surface area (Å²) in [5, 5.41) is 4.43. The van der Waals surface area contributed by atoms with Gasteiger partial charge in [-0.15, -0.1) is 0 Å². The Morgan fingerprint density at radius 1 is 1.15 bits per heavy atom. The molecule has 1 aliphatic heterocycles. The molecule has 2 aromatic heterocycles. The molecule has 3 aromatic rings. The molecular weight excluding hydrogens is 571 g/mol. The molecule has 3 heterocycles. The van der Waals surface area contributed by atoms with Crippen molar-refractivity contribution in [1.29, 1.82) is 0 Å². The minimum absolute atomic E-state index is 0.0523. The van der Waals surface area contributed by atoms with E-state index in [1.165, 1.54) is 11.2 Å². The van der Waals surface area contributed by atoms with Gasteiger partial charge in [-0.2, -0.15) is 9.97 Å². The molecule has 0 radical (unpaired) electrons. The topological polar surface area (TPSA) is 137 Å². The number of ether oxygens (including phenoxy) is 1. The summed E-state index contributed by atoms with van der Waals surface area (Å²) in [5.41, 5.74) is 0.00436. The molecule has 1 fully saturated rings. The number of hydrogen-bond acceptors (Lipinski definition) is 9. The highest BCUT2D eigenvalue weighted by molar-refractivity contribution is 6.35. The van der Waals surface area contributed by atoms with Crippen LogP contribution in [0.2, 0.25) is 10.0 Å². The number of aromatic amines is 1. The fraction of sp³-hybridized carbons (Fsp3) is 0.481. The molecule has 1 aromatic carbocycles. The van der Waals surface area contributed by atoms with Crippen molar-refractivity contribution in [2.24, 2.45) is 0 Å². The third-order valence-corrected chi connectivity index (χ3v) is 6.92. The minimum atomic E-state index is -0.647. The maximum absolute atomic E-state index is 13.1. The van der Waals surface area contributed by atoms with E-state index in [2.05, 4.69) is 25.3 Å². The standard InChI is InChI=1S/C27H34Cl2N8O4/c1-5-8-37(26(40)41-27(2,3)4)15-20(38)35-9-11-36(12-10-35)25-33-22(21-23(34-25)31-16-32-24(21)39)30-14-17-6-7-18(28)13-19(17)29/h6-7,13,16H,5,8-12,14-15H2,1-4H3,(H2,30,31,32,33,34,39). The van der Waals surface area contributed by atoms with Crippen LogP contribution in [0.3, 0.4) is 0 Å². The summed E-state index contributed by atoms with van der Waals surface area (Å²) in [6, 6.07) is 5.18. The Bertz CT molecular complexity index is 1470. The average molecular weight is 606 g/mol. The van der Waals surface area contributed by atoms with Crippen LogP contribution in [0.1, 0.15) is 39.7 Å². The Morgan fingerprint density at radius 2 is 1.88 bits per heavy atom. The van der Waals surface area contributed by atoms with Crippen molar-refractivity contribution < 1.29 is 14.3 Å². The van der Waals surface area contributed by atoms with E-state index in [0.717, 1.165) is 5.56 Å². The lowest BCUT2D eigenvalue weighted by atomic mass is 10.2. The van der Waals surface area contributed by atoms with E-state index in [0.29, 0.717) is 67.5 Å². The Morgan fingerprint density at radius 3 is 2.54 bits per heavy atom. The summed E-state index contributed by atoms with van der Waals surface area (Å²) < 4.78 is 5.47. The third kappa shape index (κ3) is 7.76. The van der Waals surface area contributed by atoms with E-state index in [4.69, 9.17) is 27.9 Å². The highest BCUT2D eigenvalue weighted by Crippen LogP contribution is 2.24. The molecule has 4 rings (SSSR count). The molecule has 2 N–H and O–H groups in total. The van der Waals surface area contributed by atoms with Gasteiger partial charge in [0, 0.05) is 49.3 Å². The Balaban J connectivity index is 1.47. The lowest BCUT2D eigenvalue weighted by Gasteiger charge is -2.36. The Kier molecular flexibility index (Phi) is 9.54. The third-order valence-electron chi connectivity index (χ3n) is 6.34. The van der Waals surface area contributed by atoms with Crippen molar-refractivity contribution >= 4 is 58.0 Å². The van der Waals surface area contributed by atoms with Gasteiger partial charge in [0.25, 0.3) is 5.56 Å². The molecule has 1 saturated heterocycles. The molecule has 12 nitrogen and oxygen atoms in total. The minimum Gasteiger partial charge on any atom is -0.444 e. The predicted molar refractivity (Wildman–Crippen MR) is 159 cm³/mol. The first-order valence-electron chi connectivity index (χ1n) is 13.4. The second-order valence-electron chi connectivity index (χ2n) is 10.7. The second kappa shape index (κ2) is 12.9. The first-order valence-corrected chi connectivity index (χ1v) is 14.1. The molecule has 0 saturated carbocycles. The van der Waals surface area contributed by atoms with Crippen LogP contribution in [-0.4, -0.2) is 86.6 Å². The highest BCUT2D eigenvalue weighted by Gasteiger charge is 2.28. The largest absolute Gasteiger partial charge is 0.444 e. The monoisotopic (exact) mass is 604 g/mol. The lowest BCUT2D eigenvalue weighted by molar-refractivity contribution is -0.132. The number of rotatable bonds is 8. The van der Waals surface area contributed by atoms with Crippen LogP contribution < -0.4 is 15.8 Å². The molecule has 14 heteroatoms. The molecule has 41 heavy (non-hydrogen) atoms. The van der Waals surface area contributed by atoms with Crippen LogP contribution in [0.25, 0.3) is 11.0 Å². The van der Waals surface area contributed by atoms with Crippen LogP contribution in [-0.2, 0) is 16.1 Å². The van der Waals surface area contributed by atoms with Gasteiger partial charge >= 0.3 is 6.09 Å². The smallest absolute Gasteiger partial charge is 0.410 e. The molecule has 0 bridgehead atoms. The van der Waals surface area contributed by atoms with E-state index >= 15 is 0 Å². The number of piperazine rings is 1. The zero-order valence-corrected chi connectivity index (χ0v) is 25.1. The fourth-order valence-electron chi connectivity index (χ4n) is 4.33. The molecule has 0 unspecified atom stereocenters. The first kappa shape index (κ1) is 30.3. The van der Waals surface area contributed by atoms with Crippen LogP contribution in [0, 0.1) is 0 Å². The van der Waals surface area contributed by atoms with Gasteiger partial charge in [0.1, 0.15) is 23.3 Å². The van der Waals surface area contributed by atoms with Crippen molar-refractivity contribution in [1.82, 2.24) is 29.7 Å². The number of anilines is 2. The number of halogens is 2. The van der Waals surface area contributed by atoms with Crippen LogP contribution in [0.5, 0.6) is 0 Å². The molecule has 2 amide bonds. The van der Waals surface area contributed by atoms with Gasteiger partial charge in [0.05, 0.1) is 6.33 Å². The summed E-state index contributed by atoms with van der Waals surface area (Å²) in [4.78, 5) is 59.4. The zero-order chi connectivity index (χ0) is 29.7. The summed E-state index contributed by atoms with van der Waals surface area (Å²) in [6.45, 7) is 9.76. The van der Waals surface area contributed by atoms with Crippen molar-refractivity contribution in [3.05, 3.63) is 50.5 Å². The van der Waals surface area contributed by atoms with Gasteiger partial charge in [-0.1, -0.05) is 36.2 Å². The molecule has 0 aliphatic carbocycles. The second-order valence-corrected chi connectivity index (χ2v) is 11.5. The van der Waals surface area contributed by atoms with Crippen molar-refractivity contribution in [2.75, 3.05) is 49.5 Å². The number of carbonyl (C=O) groups is 2. The number of benzene rings is 1. The van der Waals surface area contributed by atoms with Crippen molar-refractivity contribution in [3.63, 3.8) is 0 Å². The fourth-order valence-corrected chi connectivity index (χ4v) is 4.80. The predicted octanol–water partition coefficient (Wildman–Crippen LogP) is 3.93. The van der Waals surface area contributed by atoms with E-state index in [1.807, 2.05) is 11.8 Å². The van der Waals surface area contributed by atoms with Crippen LogP contribution >= 0.6 is 23.2 Å². The van der Waals surface area contributed by atoms with Gasteiger partial charge < -0.3 is 24.8 Å². The maximum Gasteiger partial charge on any atom is 0.410 e. The normalized spacial score (nSPS) is 13.8. The summed E-state index contributed by atoms with van der Waals surface area (Å²) in [6.07, 6.45) is 1.50. The maximum atomic E-state index is 13.1. The summed E-state index contributed by atoms with van der Waals surface area (Å²) in [5.74, 6) is 0.545. The number of fused-ring (bicyclic) bond motifs is 1. The average Bonchev–Trinajstić information content (AvgIpc) is 2.91. The van der Waals surface area contributed by atoms with Crippen LogP contribution in [0.4, 0.5) is 16.6 Å². The van der Waals surface area contributed by atoms with Crippen molar-refractivity contribution in [3.8, 4) is 0 Å². The van der Waals surface area contributed by atoms with E-state index in [1.54, 1.807) is 43.9 Å². The molecule has 0 atom stereocenters. The molecular formula is C27H34Cl2N8O4. The van der Waals surface area contributed by atoms with Crippen LogP contribution in [0.15, 0.2) is 29.3 Å². The van der Waals surface area contributed by atoms with E-state index in [-0.39, 0.29) is 29.0 Å². The number of nitrogens with one attached hydrogen (secondary N) is 2. The highest BCUT2D eigenvalue weighted by atomic mass is 35.5. The Hall–Kier alpha value is -3.64. The molecule has 0 spiro atoms. The zero-order valence-electron chi connectivity index (χ0n) is 23.5. The first-order chi connectivity index (χ1) is 19.4.